The minimum absolute atomic E-state index is 0.572. The summed E-state index contributed by atoms with van der Waals surface area (Å²) in [5, 5.41) is 4.63. The van der Waals surface area contributed by atoms with E-state index in [1.165, 1.54) is 16.3 Å². The Balaban J connectivity index is 1.39. The van der Waals surface area contributed by atoms with Gasteiger partial charge in [0.1, 0.15) is 0 Å². The molecule has 0 spiro atoms. The molecule has 234 valence electrons. The molecule has 3 heterocycles. The molecule has 0 saturated carbocycles. The topological polar surface area (TPSA) is 48.5 Å². The van der Waals surface area contributed by atoms with Crippen molar-refractivity contribution < 1.29 is 0 Å². The van der Waals surface area contributed by atoms with Crippen molar-refractivity contribution in [3.05, 3.63) is 176 Å². The zero-order chi connectivity index (χ0) is 33.0. The van der Waals surface area contributed by atoms with Crippen molar-refractivity contribution in [2.75, 3.05) is 0 Å². The lowest BCUT2D eigenvalue weighted by Crippen LogP contribution is -2.07. The van der Waals surface area contributed by atoms with Crippen LogP contribution in [0.3, 0.4) is 0 Å². The summed E-state index contributed by atoms with van der Waals surface area (Å²) in [6.45, 7) is 0. The normalized spacial score (nSPS) is 11.6. The minimum Gasteiger partial charge on any atom is -0.307 e. The van der Waals surface area contributed by atoms with Gasteiger partial charge in [-0.2, -0.15) is 9.97 Å². The second kappa shape index (κ2) is 11.4. The standard InChI is InChI=1S/C45H29N5/c1-5-15-30(16-6-1)33-25-28-40-38(29-33)37-27-26-36-35-23-13-14-24-39(35)49(34-21-11-4-12-22-34)41(36)42(37)50(40)45-47-43(31-17-7-2-8-18-31)46-44(48-45)32-19-9-3-10-20-32/h1-29H. The largest absolute Gasteiger partial charge is 0.307 e. The van der Waals surface area contributed by atoms with Crippen LogP contribution in [0.5, 0.6) is 0 Å². The lowest BCUT2D eigenvalue weighted by atomic mass is 10.0. The Labute approximate surface area is 288 Å². The van der Waals surface area contributed by atoms with Gasteiger partial charge in [0, 0.05) is 38.4 Å². The molecule has 50 heavy (non-hydrogen) atoms. The third kappa shape index (κ3) is 4.45. The monoisotopic (exact) mass is 639 g/mol. The van der Waals surface area contributed by atoms with Crippen molar-refractivity contribution in [1.29, 1.82) is 0 Å². The van der Waals surface area contributed by atoms with Crippen LogP contribution < -0.4 is 0 Å². The summed E-state index contributed by atoms with van der Waals surface area (Å²) in [5.41, 5.74) is 9.63. The Morgan fingerprint density at radius 2 is 0.820 bits per heavy atom. The summed E-state index contributed by atoms with van der Waals surface area (Å²) in [5.74, 6) is 1.82. The molecule has 0 unspecified atom stereocenters. The third-order valence-corrected chi connectivity index (χ3v) is 9.57. The number of benzene rings is 7. The molecule has 5 heteroatoms. The number of fused-ring (bicyclic) bond motifs is 7. The molecule has 0 aliphatic heterocycles. The molecule has 0 N–H and O–H groups in total. The molecule has 0 fully saturated rings. The van der Waals surface area contributed by atoms with E-state index in [1.807, 2.05) is 36.4 Å². The Morgan fingerprint density at radius 3 is 1.46 bits per heavy atom. The van der Waals surface area contributed by atoms with Gasteiger partial charge in [-0.3, -0.25) is 4.57 Å². The third-order valence-electron chi connectivity index (χ3n) is 9.57. The second-order valence-electron chi connectivity index (χ2n) is 12.5. The van der Waals surface area contributed by atoms with E-state index >= 15 is 0 Å². The van der Waals surface area contributed by atoms with Gasteiger partial charge < -0.3 is 4.57 Å². The molecule has 0 bridgehead atoms. The predicted octanol–water partition coefficient (Wildman–Crippen LogP) is 11.1. The molecule has 10 aromatic rings. The van der Waals surface area contributed by atoms with Crippen molar-refractivity contribution in [1.82, 2.24) is 24.1 Å². The Kier molecular flexibility index (Phi) is 6.42. The highest BCUT2D eigenvalue weighted by molar-refractivity contribution is 6.24. The fourth-order valence-electron chi connectivity index (χ4n) is 7.31. The highest BCUT2D eigenvalue weighted by Crippen LogP contribution is 2.42. The SMILES string of the molecule is c1ccc(-c2ccc3c(c2)c2ccc4c5ccccc5n(-c5ccccc5)c4c2n3-c2nc(-c3ccccc3)nc(-c3ccccc3)n2)cc1. The molecule has 10 rings (SSSR count). The van der Waals surface area contributed by atoms with Gasteiger partial charge in [-0.05, 0) is 41.5 Å². The van der Waals surface area contributed by atoms with E-state index in [1.54, 1.807) is 0 Å². The van der Waals surface area contributed by atoms with Gasteiger partial charge in [-0.15, -0.1) is 0 Å². The molecule has 3 aromatic heterocycles. The quantitative estimate of drug-likeness (QED) is 0.188. The molecule has 0 amide bonds. The number of rotatable bonds is 5. The average molecular weight is 640 g/mol. The minimum atomic E-state index is 0.572. The summed E-state index contributed by atoms with van der Waals surface area (Å²) in [4.78, 5) is 15.5. The zero-order valence-electron chi connectivity index (χ0n) is 27.0. The first-order chi connectivity index (χ1) is 24.8. The highest BCUT2D eigenvalue weighted by Gasteiger charge is 2.23. The van der Waals surface area contributed by atoms with E-state index in [9.17, 15) is 0 Å². The zero-order valence-corrected chi connectivity index (χ0v) is 27.0. The molecule has 7 aromatic carbocycles. The maximum absolute atomic E-state index is 5.25. The van der Waals surface area contributed by atoms with E-state index < -0.39 is 0 Å². The maximum Gasteiger partial charge on any atom is 0.238 e. The van der Waals surface area contributed by atoms with Crippen LogP contribution in [0.4, 0.5) is 0 Å². The van der Waals surface area contributed by atoms with Crippen molar-refractivity contribution in [3.8, 4) is 45.5 Å². The fourth-order valence-corrected chi connectivity index (χ4v) is 7.31. The lowest BCUT2D eigenvalue weighted by Gasteiger charge is -2.13. The first kappa shape index (κ1) is 28.2. The van der Waals surface area contributed by atoms with E-state index in [0.717, 1.165) is 55.2 Å². The van der Waals surface area contributed by atoms with Crippen LogP contribution in [-0.4, -0.2) is 24.1 Å². The van der Waals surface area contributed by atoms with Crippen LogP contribution in [-0.2, 0) is 0 Å². The van der Waals surface area contributed by atoms with E-state index in [0.29, 0.717) is 17.6 Å². The van der Waals surface area contributed by atoms with Gasteiger partial charge in [0.2, 0.25) is 5.95 Å². The molecule has 0 aliphatic carbocycles. The first-order valence-electron chi connectivity index (χ1n) is 16.8. The Bertz CT molecular complexity index is 2780. The second-order valence-corrected chi connectivity index (χ2v) is 12.5. The van der Waals surface area contributed by atoms with Crippen molar-refractivity contribution >= 4 is 43.6 Å². The number of aromatic nitrogens is 5. The van der Waals surface area contributed by atoms with Crippen molar-refractivity contribution in [2.45, 2.75) is 0 Å². The molecule has 0 aliphatic rings. The van der Waals surface area contributed by atoms with E-state index in [4.69, 9.17) is 15.0 Å². The van der Waals surface area contributed by atoms with Crippen LogP contribution in [0.25, 0.3) is 89.2 Å². The number of nitrogens with zero attached hydrogens (tertiary/aromatic N) is 5. The number of hydrogen-bond acceptors (Lipinski definition) is 3. The summed E-state index contributed by atoms with van der Waals surface area (Å²) >= 11 is 0. The molecule has 0 saturated heterocycles. The summed E-state index contributed by atoms with van der Waals surface area (Å²) in [6, 6.07) is 61.4. The van der Waals surface area contributed by atoms with Gasteiger partial charge in [0.05, 0.1) is 22.1 Å². The molecule has 0 radical (unpaired) electrons. The first-order valence-corrected chi connectivity index (χ1v) is 16.8. The molecular weight excluding hydrogens is 611 g/mol. The summed E-state index contributed by atoms with van der Waals surface area (Å²) < 4.78 is 4.64. The smallest absolute Gasteiger partial charge is 0.238 e. The van der Waals surface area contributed by atoms with Gasteiger partial charge >= 0.3 is 0 Å². The van der Waals surface area contributed by atoms with Crippen LogP contribution in [0.2, 0.25) is 0 Å². The lowest BCUT2D eigenvalue weighted by molar-refractivity contribution is 0.953. The van der Waals surface area contributed by atoms with Gasteiger partial charge in [-0.1, -0.05) is 146 Å². The van der Waals surface area contributed by atoms with Crippen LogP contribution in [0, 0.1) is 0 Å². The van der Waals surface area contributed by atoms with Crippen LogP contribution in [0.1, 0.15) is 0 Å². The molecular formula is C45H29N5. The van der Waals surface area contributed by atoms with Crippen molar-refractivity contribution in [3.63, 3.8) is 0 Å². The average Bonchev–Trinajstić information content (AvgIpc) is 3.72. The Morgan fingerprint density at radius 1 is 0.320 bits per heavy atom. The van der Waals surface area contributed by atoms with Crippen molar-refractivity contribution in [2.24, 2.45) is 0 Å². The van der Waals surface area contributed by atoms with E-state index in [-0.39, 0.29) is 0 Å². The maximum atomic E-state index is 5.25. The number of para-hydroxylation sites is 2. The Hall–Kier alpha value is -6.85. The fraction of sp³-hybridized carbons (Fsp3) is 0. The summed E-state index contributed by atoms with van der Waals surface area (Å²) in [7, 11) is 0. The van der Waals surface area contributed by atoms with Crippen LogP contribution in [0.15, 0.2) is 176 Å². The number of hydrogen-bond donors (Lipinski definition) is 0. The van der Waals surface area contributed by atoms with Gasteiger partial charge in [0.15, 0.2) is 11.6 Å². The molecule has 5 nitrogen and oxygen atoms in total. The highest BCUT2D eigenvalue weighted by atomic mass is 15.2. The van der Waals surface area contributed by atoms with E-state index in [2.05, 4.69) is 149 Å². The predicted molar refractivity (Wildman–Crippen MR) is 205 cm³/mol. The summed E-state index contributed by atoms with van der Waals surface area (Å²) in [6.07, 6.45) is 0. The van der Waals surface area contributed by atoms with Gasteiger partial charge in [-0.25, -0.2) is 4.98 Å². The molecule has 0 atom stereocenters. The van der Waals surface area contributed by atoms with Crippen LogP contribution >= 0.6 is 0 Å². The van der Waals surface area contributed by atoms with Gasteiger partial charge in [0.25, 0.3) is 0 Å².